The predicted molar refractivity (Wildman–Crippen MR) is 106 cm³/mol. The number of fused-ring (bicyclic) bond motifs is 1. The van der Waals surface area contributed by atoms with Crippen molar-refractivity contribution in [3.63, 3.8) is 0 Å². The van der Waals surface area contributed by atoms with E-state index < -0.39 is 17.2 Å². The molecule has 0 bridgehead atoms. The number of carbonyl (C=O) groups excluding carboxylic acids is 1. The van der Waals surface area contributed by atoms with Crippen LogP contribution in [0.4, 0.5) is 4.39 Å². The maximum atomic E-state index is 13.9. The zero-order valence-electron chi connectivity index (χ0n) is 15.5. The van der Waals surface area contributed by atoms with Gasteiger partial charge in [0, 0.05) is 0 Å². The van der Waals surface area contributed by atoms with Crippen molar-refractivity contribution in [1.29, 1.82) is 0 Å². The first-order valence-electron chi connectivity index (χ1n) is 9.68. The summed E-state index contributed by atoms with van der Waals surface area (Å²) >= 11 is 0. The smallest absolute Gasteiger partial charge is 0.276 e. The second kappa shape index (κ2) is 7.92. The molecular formula is C22H22FN3O2. The number of nitrogens with one attached hydrogen (secondary N) is 2. The molecule has 1 aromatic heterocycles. The summed E-state index contributed by atoms with van der Waals surface area (Å²) in [6.45, 7) is 0. The van der Waals surface area contributed by atoms with Crippen LogP contribution in [0.15, 0.2) is 53.3 Å². The lowest BCUT2D eigenvalue weighted by molar-refractivity contribution is 0.0905. The van der Waals surface area contributed by atoms with Gasteiger partial charge in [0.05, 0.1) is 11.4 Å². The number of aromatic amines is 1. The SMILES string of the molecule is O=C(NC(c1ccccc1)C1CCCCC1)c1n[nH]c2c(F)cccc2c1=O. The van der Waals surface area contributed by atoms with E-state index in [0.29, 0.717) is 5.92 Å². The standard InChI is InChI=1S/C22H22FN3O2/c23-17-13-7-12-16-19(17)25-26-20(21(16)27)22(28)24-18(14-8-3-1-4-9-14)15-10-5-2-6-11-15/h1,3-4,7-9,12-13,15,18H,2,5-6,10-11H2,(H,24,28)(H,25,27). The first-order valence-corrected chi connectivity index (χ1v) is 9.68. The summed E-state index contributed by atoms with van der Waals surface area (Å²) in [7, 11) is 0. The van der Waals surface area contributed by atoms with E-state index in [1.807, 2.05) is 30.3 Å². The second-order valence-electron chi connectivity index (χ2n) is 7.32. The summed E-state index contributed by atoms with van der Waals surface area (Å²) in [5.74, 6) is -0.789. The zero-order valence-corrected chi connectivity index (χ0v) is 15.5. The fraction of sp³-hybridized carbons (Fsp3) is 0.318. The third-order valence-electron chi connectivity index (χ3n) is 5.53. The number of benzene rings is 2. The number of amides is 1. The molecular weight excluding hydrogens is 357 g/mol. The molecule has 0 spiro atoms. The zero-order chi connectivity index (χ0) is 19.5. The quantitative estimate of drug-likeness (QED) is 0.716. The van der Waals surface area contributed by atoms with Gasteiger partial charge in [-0.25, -0.2) is 4.39 Å². The van der Waals surface area contributed by atoms with Gasteiger partial charge in [0.2, 0.25) is 5.43 Å². The van der Waals surface area contributed by atoms with E-state index in [0.717, 1.165) is 31.2 Å². The van der Waals surface area contributed by atoms with Gasteiger partial charge < -0.3 is 5.32 Å². The largest absolute Gasteiger partial charge is 0.343 e. The molecule has 0 aliphatic heterocycles. The molecule has 4 rings (SSSR count). The summed E-state index contributed by atoms with van der Waals surface area (Å²) in [5.41, 5.74) is 0.220. The lowest BCUT2D eigenvalue weighted by Crippen LogP contribution is -2.37. The number of carbonyl (C=O) groups is 1. The number of nitrogens with zero attached hydrogens (tertiary/aromatic N) is 1. The minimum Gasteiger partial charge on any atom is -0.343 e. The number of H-pyrrole nitrogens is 1. The van der Waals surface area contributed by atoms with E-state index in [1.54, 1.807) is 0 Å². The van der Waals surface area contributed by atoms with E-state index in [-0.39, 0.29) is 22.6 Å². The highest BCUT2D eigenvalue weighted by Crippen LogP contribution is 2.34. The van der Waals surface area contributed by atoms with Crippen molar-refractivity contribution < 1.29 is 9.18 Å². The van der Waals surface area contributed by atoms with Crippen LogP contribution in [0.2, 0.25) is 0 Å². The Morgan fingerprint density at radius 1 is 1.07 bits per heavy atom. The molecule has 0 saturated heterocycles. The van der Waals surface area contributed by atoms with Crippen molar-refractivity contribution in [2.24, 2.45) is 5.92 Å². The molecule has 3 aromatic rings. The molecule has 1 aliphatic carbocycles. The van der Waals surface area contributed by atoms with Crippen molar-refractivity contribution in [2.45, 2.75) is 38.1 Å². The molecule has 2 N–H and O–H groups in total. The van der Waals surface area contributed by atoms with Gasteiger partial charge in [0.25, 0.3) is 5.91 Å². The highest BCUT2D eigenvalue weighted by molar-refractivity contribution is 5.95. The average molecular weight is 379 g/mol. The number of hydrogen-bond donors (Lipinski definition) is 2. The van der Waals surface area contributed by atoms with Crippen molar-refractivity contribution >= 4 is 16.8 Å². The van der Waals surface area contributed by atoms with Crippen molar-refractivity contribution in [3.05, 3.63) is 75.8 Å². The van der Waals surface area contributed by atoms with Crippen LogP contribution in [0.1, 0.15) is 54.2 Å². The van der Waals surface area contributed by atoms with Gasteiger partial charge >= 0.3 is 0 Å². The lowest BCUT2D eigenvalue weighted by Gasteiger charge is -2.31. The van der Waals surface area contributed by atoms with Crippen LogP contribution in [0.25, 0.3) is 10.9 Å². The summed E-state index contributed by atoms with van der Waals surface area (Å²) < 4.78 is 13.9. The van der Waals surface area contributed by atoms with Crippen LogP contribution in [0.5, 0.6) is 0 Å². The average Bonchev–Trinajstić information content (AvgIpc) is 2.74. The molecule has 144 valence electrons. The van der Waals surface area contributed by atoms with Crippen LogP contribution >= 0.6 is 0 Å². The Hall–Kier alpha value is -3.02. The van der Waals surface area contributed by atoms with E-state index in [1.165, 1.54) is 24.6 Å². The van der Waals surface area contributed by atoms with Crippen LogP contribution < -0.4 is 10.7 Å². The number of halogens is 1. The number of para-hydroxylation sites is 1. The highest BCUT2D eigenvalue weighted by Gasteiger charge is 2.28. The third-order valence-corrected chi connectivity index (χ3v) is 5.53. The Morgan fingerprint density at radius 3 is 2.57 bits per heavy atom. The molecule has 1 saturated carbocycles. The maximum Gasteiger partial charge on any atom is 0.276 e. The summed E-state index contributed by atoms with van der Waals surface area (Å²) in [5, 5.41) is 9.53. The Morgan fingerprint density at radius 2 is 1.82 bits per heavy atom. The molecule has 1 heterocycles. The fourth-order valence-electron chi connectivity index (χ4n) is 4.08. The fourth-order valence-corrected chi connectivity index (χ4v) is 4.08. The topological polar surface area (TPSA) is 74.8 Å². The summed E-state index contributed by atoms with van der Waals surface area (Å²) in [6.07, 6.45) is 5.55. The molecule has 6 heteroatoms. The Labute approximate surface area is 162 Å². The third kappa shape index (κ3) is 3.54. The van der Waals surface area contributed by atoms with E-state index in [4.69, 9.17) is 0 Å². The van der Waals surface area contributed by atoms with E-state index in [2.05, 4.69) is 15.5 Å². The van der Waals surface area contributed by atoms with E-state index in [9.17, 15) is 14.0 Å². The van der Waals surface area contributed by atoms with Crippen molar-refractivity contribution in [2.75, 3.05) is 0 Å². The number of rotatable bonds is 4. The van der Waals surface area contributed by atoms with Gasteiger partial charge in [-0.15, -0.1) is 0 Å². The molecule has 1 aliphatic rings. The van der Waals surface area contributed by atoms with Gasteiger partial charge in [0.15, 0.2) is 5.69 Å². The van der Waals surface area contributed by atoms with Gasteiger partial charge in [-0.3, -0.25) is 14.7 Å². The first-order chi connectivity index (χ1) is 13.6. The number of hydrogen-bond acceptors (Lipinski definition) is 3. The van der Waals surface area contributed by atoms with Gasteiger partial charge in [-0.2, -0.15) is 5.10 Å². The molecule has 5 nitrogen and oxygen atoms in total. The van der Waals surface area contributed by atoms with Crippen LogP contribution in [0.3, 0.4) is 0 Å². The maximum absolute atomic E-state index is 13.9. The van der Waals surface area contributed by atoms with Crippen LogP contribution in [-0.4, -0.2) is 16.1 Å². The van der Waals surface area contributed by atoms with Crippen LogP contribution in [0, 0.1) is 11.7 Å². The summed E-state index contributed by atoms with van der Waals surface area (Å²) in [6, 6.07) is 13.8. The predicted octanol–water partition coefficient (Wildman–Crippen LogP) is 4.11. The molecule has 28 heavy (non-hydrogen) atoms. The van der Waals surface area contributed by atoms with Crippen LogP contribution in [-0.2, 0) is 0 Å². The Bertz CT molecular complexity index is 1040. The van der Waals surface area contributed by atoms with Crippen molar-refractivity contribution in [1.82, 2.24) is 15.5 Å². The highest BCUT2D eigenvalue weighted by atomic mass is 19.1. The minimum atomic E-state index is -0.571. The molecule has 2 aromatic carbocycles. The first kappa shape index (κ1) is 18.3. The second-order valence-corrected chi connectivity index (χ2v) is 7.32. The van der Waals surface area contributed by atoms with Gasteiger partial charge in [0.1, 0.15) is 11.3 Å². The lowest BCUT2D eigenvalue weighted by atomic mass is 9.81. The molecule has 1 unspecified atom stereocenters. The number of aromatic nitrogens is 2. The molecule has 1 fully saturated rings. The van der Waals surface area contributed by atoms with Crippen molar-refractivity contribution in [3.8, 4) is 0 Å². The molecule has 1 amide bonds. The Kier molecular flexibility index (Phi) is 5.19. The minimum absolute atomic E-state index is 0.0101. The van der Waals surface area contributed by atoms with E-state index >= 15 is 0 Å². The molecule has 1 atom stereocenters. The summed E-state index contributed by atoms with van der Waals surface area (Å²) in [4.78, 5) is 25.6. The monoisotopic (exact) mass is 379 g/mol. The normalized spacial score (nSPS) is 16.0. The van der Waals surface area contributed by atoms with Gasteiger partial charge in [-0.1, -0.05) is 55.7 Å². The Balaban J connectivity index is 1.67. The van der Waals surface area contributed by atoms with Gasteiger partial charge in [-0.05, 0) is 36.5 Å². The molecule has 0 radical (unpaired) electrons.